The van der Waals surface area contributed by atoms with E-state index in [9.17, 15) is 13.6 Å². The van der Waals surface area contributed by atoms with Gasteiger partial charge in [-0.3, -0.25) is 4.90 Å². The number of benzene rings is 1. The predicted octanol–water partition coefficient (Wildman–Crippen LogP) is 3.03. The fourth-order valence-corrected chi connectivity index (χ4v) is 2.54. The zero-order valence-corrected chi connectivity index (χ0v) is 12.7. The first kappa shape index (κ1) is 16.7. The Kier molecular flexibility index (Phi) is 6.12. The molecule has 1 amide bonds. The molecule has 1 aliphatic heterocycles. The molecule has 0 aromatic heterocycles. The number of nitrogens with one attached hydrogen (secondary N) is 1. The van der Waals surface area contributed by atoms with Crippen LogP contribution in [0.3, 0.4) is 0 Å². The lowest BCUT2D eigenvalue weighted by atomic mass is 10.0. The molecule has 1 aliphatic rings. The quantitative estimate of drug-likeness (QED) is 0.908. The third kappa shape index (κ3) is 4.94. The molecule has 0 spiro atoms. The normalized spacial score (nSPS) is 18.2. The van der Waals surface area contributed by atoms with Crippen LogP contribution < -0.4 is 5.32 Å². The number of nitrogens with zero attached hydrogens (tertiary/aromatic N) is 1. The predicted molar refractivity (Wildman–Crippen MR) is 79.8 cm³/mol. The molecule has 1 aromatic rings. The Hall–Kier alpha value is -1.69. The Labute approximate surface area is 129 Å². The van der Waals surface area contributed by atoms with Crippen LogP contribution in [0.25, 0.3) is 0 Å². The number of ether oxygens (including phenoxy) is 1. The van der Waals surface area contributed by atoms with Crippen molar-refractivity contribution >= 4 is 6.09 Å². The summed E-state index contributed by atoms with van der Waals surface area (Å²) in [6.45, 7) is 2.89. The number of hydrogen-bond acceptors (Lipinski definition) is 3. The maximum Gasteiger partial charge on any atom is 0.407 e. The van der Waals surface area contributed by atoms with Crippen LogP contribution in [-0.2, 0) is 11.3 Å². The van der Waals surface area contributed by atoms with Gasteiger partial charge >= 0.3 is 6.09 Å². The molecule has 6 heteroatoms. The first-order valence-electron chi connectivity index (χ1n) is 7.55. The number of piperidine rings is 1. The van der Waals surface area contributed by atoms with Crippen molar-refractivity contribution in [1.82, 2.24) is 10.2 Å². The Morgan fingerprint density at radius 2 is 1.95 bits per heavy atom. The molecule has 1 N–H and O–H groups in total. The number of hydrogen-bond donors (Lipinski definition) is 1. The zero-order chi connectivity index (χ0) is 15.9. The third-order valence-corrected chi connectivity index (χ3v) is 4.00. The minimum atomic E-state index is -2.33. The van der Waals surface area contributed by atoms with Crippen molar-refractivity contribution in [1.29, 1.82) is 0 Å². The van der Waals surface area contributed by atoms with E-state index < -0.39 is 18.6 Å². The van der Waals surface area contributed by atoms with Gasteiger partial charge in [-0.05, 0) is 25.3 Å². The summed E-state index contributed by atoms with van der Waals surface area (Å²) >= 11 is 0. The number of alkyl halides is 2. The lowest BCUT2D eigenvalue weighted by Gasteiger charge is -2.35. The summed E-state index contributed by atoms with van der Waals surface area (Å²) in [6, 6.07) is 8.70. The molecule has 122 valence electrons. The summed E-state index contributed by atoms with van der Waals surface area (Å²) in [5, 5.41) is 2.80. The van der Waals surface area contributed by atoms with Crippen LogP contribution in [-0.4, -0.2) is 42.6 Å². The molecule has 0 radical (unpaired) electrons. The standard InChI is InChI=1S/C16H22F2N2O2/c1-12(15(17)18)20-9-7-14(8-10-20)19-16(21)22-11-13-5-3-2-4-6-13/h2-6,12,14-15H,7-11H2,1H3,(H,19,21). The number of alkyl carbamates (subject to hydrolysis) is 1. The molecule has 1 fully saturated rings. The minimum absolute atomic E-state index is 0.00982. The van der Waals surface area contributed by atoms with Gasteiger partial charge in [-0.15, -0.1) is 0 Å². The first-order chi connectivity index (χ1) is 10.6. The molecule has 1 unspecified atom stereocenters. The van der Waals surface area contributed by atoms with Crippen LogP contribution >= 0.6 is 0 Å². The maximum absolute atomic E-state index is 12.7. The summed E-state index contributed by atoms with van der Waals surface area (Å²) in [4.78, 5) is 13.5. The second-order valence-electron chi connectivity index (χ2n) is 5.59. The SMILES string of the molecule is CC(C(F)F)N1CCC(NC(=O)OCc2ccccc2)CC1. The molecule has 0 aliphatic carbocycles. The number of rotatable bonds is 5. The van der Waals surface area contributed by atoms with Crippen molar-refractivity contribution in [3.8, 4) is 0 Å². The smallest absolute Gasteiger partial charge is 0.407 e. The monoisotopic (exact) mass is 312 g/mol. The van der Waals surface area contributed by atoms with E-state index in [1.807, 2.05) is 30.3 Å². The van der Waals surface area contributed by atoms with Gasteiger partial charge in [-0.2, -0.15) is 0 Å². The highest BCUT2D eigenvalue weighted by molar-refractivity contribution is 5.67. The third-order valence-electron chi connectivity index (χ3n) is 4.00. The number of halogens is 2. The Balaban J connectivity index is 1.68. The average Bonchev–Trinajstić information content (AvgIpc) is 2.54. The van der Waals surface area contributed by atoms with Gasteiger partial charge in [0.1, 0.15) is 6.61 Å². The molecule has 1 atom stereocenters. The van der Waals surface area contributed by atoms with Gasteiger partial charge in [0.05, 0.1) is 6.04 Å². The van der Waals surface area contributed by atoms with Gasteiger partial charge in [-0.1, -0.05) is 30.3 Å². The zero-order valence-electron chi connectivity index (χ0n) is 12.7. The van der Waals surface area contributed by atoms with Gasteiger partial charge in [0.15, 0.2) is 0 Å². The van der Waals surface area contributed by atoms with Gasteiger partial charge in [-0.25, -0.2) is 13.6 Å². The van der Waals surface area contributed by atoms with E-state index in [1.54, 1.807) is 4.90 Å². The maximum atomic E-state index is 12.7. The fourth-order valence-electron chi connectivity index (χ4n) is 2.54. The van der Waals surface area contributed by atoms with Gasteiger partial charge in [0.25, 0.3) is 6.43 Å². The fraction of sp³-hybridized carbons (Fsp3) is 0.562. The number of amides is 1. The van der Waals surface area contributed by atoms with Crippen molar-refractivity contribution < 1.29 is 18.3 Å². The van der Waals surface area contributed by atoms with Crippen molar-refractivity contribution in [2.75, 3.05) is 13.1 Å². The molecule has 1 saturated heterocycles. The van der Waals surface area contributed by atoms with Crippen LogP contribution in [0.1, 0.15) is 25.3 Å². The average molecular weight is 312 g/mol. The Morgan fingerprint density at radius 3 is 2.55 bits per heavy atom. The van der Waals surface area contributed by atoms with Gasteiger partial charge in [0, 0.05) is 19.1 Å². The molecule has 2 rings (SSSR count). The van der Waals surface area contributed by atoms with Crippen molar-refractivity contribution in [3.63, 3.8) is 0 Å². The number of likely N-dealkylation sites (tertiary alicyclic amines) is 1. The molecular formula is C16H22F2N2O2. The molecule has 4 nitrogen and oxygen atoms in total. The Morgan fingerprint density at radius 1 is 1.32 bits per heavy atom. The van der Waals surface area contributed by atoms with E-state index in [2.05, 4.69) is 5.32 Å². The lowest BCUT2D eigenvalue weighted by molar-refractivity contribution is 0.0206. The second kappa shape index (κ2) is 8.08. The van der Waals surface area contributed by atoms with Crippen LogP contribution in [0, 0.1) is 0 Å². The lowest BCUT2D eigenvalue weighted by Crippen LogP contribution is -2.49. The summed E-state index contributed by atoms with van der Waals surface area (Å²) in [5.74, 6) is 0. The highest BCUT2D eigenvalue weighted by Crippen LogP contribution is 2.17. The minimum Gasteiger partial charge on any atom is -0.445 e. The summed E-state index contributed by atoms with van der Waals surface area (Å²) in [7, 11) is 0. The highest BCUT2D eigenvalue weighted by Gasteiger charge is 2.28. The van der Waals surface area contributed by atoms with E-state index in [1.165, 1.54) is 6.92 Å². The van der Waals surface area contributed by atoms with E-state index in [-0.39, 0.29) is 12.6 Å². The highest BCUT2D eigenvalue weighted by atomic mass is 19.3. The molecular weight excluding hydrogens is 290 g/mol. The summed E-state index contributed by atoms with van der Waals surface area (Å²) < 4.78 is 30.5. The topological polar surface area (TPSA) is 41.6 Å². The van der Waals surface area contributed by atoms with Crippen LogP contribution in [0.2, 0.25) is 0 Å². The van der Waals surface area contributed by atoms with Gasteiger partial charge in [0.2, 0.25) is 0 Å². The van der Waals surface area contributed by atoms with Crippen molar-refractivity contribution in [2.45, 2.75) is 44.9 Å². The molecule has 0 saturated carbocycles. The van der Waals surface area contributed by atoms with Gasteiger partial charge < -0.3 is 10.1 Å². The summed E-state index contributed by atoms with van der Waals surface area (Å²) in [5.41, 5.74) is 0.929. The van der Waals surface area contributed by atoms with E-state index in [0.717, 1.165) is 5.56 Å². The second-order valence-corrected chi connectivity index (χ2v) is 5.59. The van der Waals surface area contributed by atoms with Crippen LogP contribution in [0.15, 0.2) is 30.3 Å². The number of carbonyl (C=O) groups is 1. The largest absolute Gasteiger partial charge is 0.445 e. The van der Waals surface area contributed by atoms with E-state index in [4.69, 9.17) is 4.74 Å². The molecule has 1 aromatic carbocycles. The summed E-state index contributed by atoms with van der Waals surface area (Å²) in [6.07, 6.45) is -1.46. The molecule has 22 heavy (non-hydrogen) atoms. The van der Waals surface area contributed by atoms with Crippen LogP contribution in [0.5, 0.6) is 0 Å². The van der Waals surface area contributed by atoms with Crippen molar-refractivity contribution in [2.24, 2.45) is 0 Å². The van der Waals surface area contributed by atoms with Crippen molar-refractivity contribution in [3.05, 3.63) is 35.9 Å². The Bertz CT molecular complexity index is 462. The molecule has 1 heterocycles. The van der Waals surface area contributed by atoms with Crippen LogP contribution in [0.4, 0.5) is 13.6 Å². The number of carbonyl (C=O) groups excluding carboxylic acids is 1. The first-order valence-corrected chi connectivity index (χ1v) is 7.55. The van der Waals surface area contributed by atoms with E-state index in [0.29, 0.717) is 25.9 Å². The van der Waals surface area contributed by atoms with E-state index >= 15 is 0 Å². The molecule has 0 bridgehead atoms.